The maximum Gasteiger partial charge on any atom is 0.362 e. The SMILES string of the molecule is O=c1[nH]c2c(S(=O)(=O)c3cc(F)c4cnn(CC(F)F)c4c3)ccc(Cl)c2c(=O)n1O. The van der Waals surface area contributed by atoms with Gasteiger partial charge in [-0.15, -0.1) is 0 Å². The van der Waals surface area contributed by atoms with Gasteiger partial charge in [0, 0.05) is 0 Å². The Labute approximate surface area is 174 Å². The summed E-state index contributed by atoms with van der Waals surface area (Å²) in [5, 5.41) is 12.2. The van der Waals surface area contributed by atoms with Crippen molar-refractivity contribution in [3.8, 4) is 0 Å². The van der Waals surface area contributed by atoms with E-state index in [1.165, 1.54) is 0 Å². The molecule has 31 heavy (non-hydrogen) atoms. The van der Waals surface area contributed by atoms with Gasteiger partial charge in [-0.2, -0.15) is 5.10 Å². The van der Waals surface area contributed by atoms with E-state index in [4.69, 9.17) is 11.6 Å². The first-order valence-corrected chi connectivity index (χ1v) is 10.2. The zero-order chi connectivity index (χ0) is 22.7. The van der Waals surface area contributed by atoms with E-state index in [0.717, 1.165) is 29.1 Å². The average Bonchev–Trinajstić information content (AvgIpc) is 3.08. The summed E-state index contributed by atoms with van der Waals surface area (Å²) in [4.78, 5) is 24.8. The van der Waals surface area contributed by atoms with Gasteiger partial charge in [0.05, 0.1) is 42.8 Å². The van der Waals surface area contributed by atoms with Crippen LogP contribution in [0.25, 0.3) is 21.8 Å². The minimum Gasteiger partial charge on any atom is -0.421 e. The Balaban J connectivity index is 2.03. The van der Waals surface area contributed by atoms with Crippen molar-refractivity contribution in [3.63, 3.8) is 0 Å². The molecule has 0 bridgehead atoms. The number of aromatic amines is 1. The van der Waals surface area contributed by atoms with Crippen LogP contribution in [-0.4, -0.2) is 39.5 Å². The summed E-state index contributed by atoms with van der Waals surface area (Å²) in [6.07, 6.45) is -1.83. The molecule has 9 nitrogen and oxygen atoms in total. The number of hydrogen-bond acceptors (Lipinski definition) is 6. The smallest absolute Gasteiger partial charge is 0.362 e. The van der Waals surface area contributed by atoms with Gasteiger partial charge in [0.1, 0.15) is 12.4 Å². The molecule has 0 radical (unpaired) electrons. The number of halogens is 4. The van der Waals surface area contributed by atoms with Crippen LogP contribution >= 0.6 is 11.6 Å². The summed E-state index contributed by atoms with van der Waals surface area (Å²) >= 11 is 5.93. The van der Waals surface area contributed by atoms with E-state index in [1.807, 2.05) is 0 Å². The van der Waals surface area contributed by atoms with Crippen molar-refractivity contribution in [2.75, 3.05) is 0 Å². The lowest BCUT2D eigenvalue weighted by Crippen LogP contribution is -2.33. The summed E-state index contributed by atoms with van der Waals surface area (Å²) in [6, 6.07) is 3.65. The Morgan fingerprint density at radius 3 is 2.61 bits per heavy atom. The van der Waals surface area contributed by atoms with Crippen molar-refractivity contribution >= 4 is 43.2 Å². The van der Waals surface area contributed by atoms with Crippen molar-refractivity contribution in [1.29, 1.82) is 0 Å². The highest BCUT2D eigenvalue weighted by molar-refractivity contribution is 7.91. The molecular weight excluding hydrogens is 465 g/mol. The van der Waals surface area contributed by atoms with Crippen LogP contribution in [0.5, 0.6) is 0 Å². The quantitative estimate of drug-likeness (QED) is 0.436. The maximum absolute atomic E-state index is 14.5. The largest absolute Gasteiger partial charge is 0.421 e. The summed E-state index contributed by atoms with van der Waals surface area (Å²) in [7, 11) is -4.59. The number of rotatable bonds is 4. The van der Waals surface area contributed by atoms with Crippen molar-refractivity contribution in [1.82, 2.24) is 19.5 Å². The fourth-order valence-corrected chi connectivity index (χ4v) is 4.83. The summed E-state index contributed by atoms with van der Waals surface area (Å²) in [6.45, 7) is -0.889. The standard InChI is InChI=1S/C17H10ClF3N4O5S/c18-9-1-2-12(15-14(9)16(26)25(28)17(27)23-15)31(29,30)7-3-10(19)8-5-22-24(6-13(20)21)11(8)4-7/h1-5,13,28H,6H2,(H,23,27). The number of aromatic nitrogens is 4. The number of alkyl halides is 2. The van der Waals surface area contributed by atoms with Crippen LogP contribution < -0.4 is 11.2 Å². The summed E-state index contributed by atoms with van der Waals surface area (Å²) < 4.78 is 67.0. The van der Waals surface area contributed by atoms with Gasteiger partial charge in [-0.25, -0.2) is 26.4 Å². The lowest BCUT2D eigenvalue weighted by Gasteiger charge is -2.11. The molecule has 0 aliphatic carbocycles. The number of H-pyrrole nitrogens is 1. The molecule has 0 fully saturated rings. The zero-order valence-corrected chi connectivity index (χ0v) is 16.6. The Morgan fingerprint density at radius 2 is 1.94 bits per heavy atom. The highest BCUT2D eigenvalue weighted by atomic mass is 35.5. The van der Waals surface area contributed by atoms with Crippen molar-refractivity contribution in [2.45, 2.75) is 22.8 Å². The molecule has 0 aliphatic heterocycles. The van der Waals surface area contributed by atoms with E-state index >= 15 is 0 Å². The van der Waals surface area contributed by atoms with Gasteiger partial charge in [0.2, 0.25) is 9.84 Å². The van der Waals surface area contributed by atoms with Crippen LogP contribution in [0.3, 0.4) is 0 Å². The molecule has 2 N–H and O–H groups in total. The summed E-state index contributed by atoms with van der Waals surface area (Å²) in [5.41, 5.74) is -3.29. The van der Waals surface area contributed by atoms with Crippen molar-refractivity contribution < 1.29 is 26.8 Å². The molecule has 0 unspecified atom stereocenters. The van der Waals surface area contributed by atoms with Gasteiger partial charge in [-0.3, -0.25) is 9.48 Å². The lowest BCUT2D eigenvalue weighted by atomic mass is 10.2. The number of hydrogen-bond donors (Lipinski definition) is 2. The summed E-state index contributed by atoms with van der Waals surface area (Å²) in [5.74, 6) is -1.03. The van der Waals surface area contributed by atoms with Crippen LogP contribution in [0.2, 0.25) is 5.02 Å². The number of nitrogens with one attached hydrogen (secondary N) is 1. The third kappa shape index (κ3) is 3.25. The van der Waals surface area contributed by atoms with Crippen LogP contribution in [0.1, 0.15) is 0 Å². The highest BCUT2D eigenvalue weighted by Gasteiger charge is 2.26. The first kappa shape index (κ1) is 20.9. The van der Waals surface area contributed by atoms with Crippen molar-refractivity contribution in [2.24, 2.45) is 0 Å². The normalized spacial score (nSPS) is 12.3. The van der Waals surface area contributed by atoms with Gasteiger partial charge in [-0.05, 0) is 24.3 Å². The van der Waals surface area contributed by atoms with Gasteiger partial charge in [0.15, 0.2) is 0 Å². The molecule has 2 aromatic heterocycles. The second-order valence-corrected chi connectivity index (χ2v) is 8.73. The number of benzene rings is 2. The predicted molar refractivity (Wildman–Crippen MR) is 102 cm³/mol. The Hall–Kier alpha value is -3.32. The number of sulfone groups is 1. The fraction of sp³-hybridized carbons (Fsp3) is 0.118. The van der Waals surface area contributed by atoms with E-state index in [2.05, 4.69) is 10.1 Å². The molecule has 2 heterocycles. The van der Waals surface area contributed by atoms with Gasteiger partial charge in [0.25, 0.3) is 12.0 Å². The van der Waals surface area contributed by atoms with Crippen LogP contribution in [0.15, 0.2) is 49.8 Å². The average molecular weight is 475 g/mol. The second-order valence-electron chi connectivity index (χ2n) is 6.40. The topological polar surface area (TPSA) is 127 Å². The lowest BCUT2D eigenvalue weighted by molar-refractivity contribution is 0.123. The molecule has 0 saturated heterocycles. The van der Waals surface area contributed by atoms with Crippen LogP contribution in [0, 0.1) is 5.82 Å². The van der Waals surface area contributed by atoms with E-state index in [0.29, 0.717) is 6.07 Å². The van der Waals surface area contributed by atoms with Gasteiger partial charge >= 0.3 is 5.69 Å². The monoisotopic (exact) mass is 474 g/mol. The minimum atomic E-state index is -4.59. The molecule has 4 rings (SSSR count). The van der Waals surface area contributed by atoms with Gasteiger partial charge < -0.3 is 10.2 Å². The Kier molecular flexibility index (Phi) is 4.81. The first-order chi connectivity index (χ1) is 14.5. The number of fused-ring (bicyclic) bond motifs is 2. The first-order valence-electron chi connectivity index (χ1n) is 8.37. The van der Waals surface area contributed by atoms with Gasteiger partial charge in [-0.1, -0.05) is 16.3 Å². The molecule has 14 heteroatoms. The molecule has 162 valence electrons. The molecule has 0 saturated carbocycles. The van der Waals surface area contributed by atoms with Crippen molar-refractivity contribution in [3.05, 3.63) is 62.1 Å². The zero-order valence-electron chi connectivity index (χ0n) is 15.0. The minimum absolute atomic E-state index is 0.169. The molecule has 4 aromatic rings. The molecule has 0 atom stereocenters. The molecule has 2 aromatic carbocycles. The molecule has 0 aliphatic rings. The Bertz CT molecular complexity index is 1590. The molecule has 0 amide bonds. The van der Waals surface area contributed by atoms with E-state index < -0.39 is 60.6 Å². The van der Waals surface area contributed by atoms with E-state index in [-0.39, 0.29) is 20.7 Å². The Morgan fingerprint density at radius 1 is 1.23 bits per heavy atom. The van der Waals surface area contributed by atoms with E-state index in [1.54, 1.807) is 0 Å². The van der Waals surface area contributed by atoms with E-state index in [9.17, 15) is 36.4 Å². The molecule has 0 spiro atoms. The third-order valence-electron chi connectivity index (χ3n) is 4.54. The third-order valence-corrected chi connectivity index (χ3v) is 6.63. The predicted octanol–water partition coefficient (Wildman–Crippen LogP) is 2.17. The van der Waals surface area contributed by atoms with Crippen LogP contribution in [0.4, 0.5) is 13.2 Å². The van der Waals surface area contributed by atoms with Crippen LogP contribution in [-0.2, 0) is 16.4 Å². The highest BCUT2D eigenvalue weighted by Crippen LogP contribution is 2.31. The second kappa shape index (κ2) is 7.13. The maximum atomic E-state index is 14.5. The number of nitrogens with zero attached hydrogens (tertiary/aromatic N) is 3. The molecular formula is C17H10ClF3N4O5S. The fourth-order valence-electron chi connectivity index (χ4n) is 3.14.